The fourth-order valence-corrected chi connectivity index (χ4v) is 1.06. The van der Waals surface area contributed by atoms with Crippen molar-refractivity contribution in [2.24, 2.45) is 0 Å². The number of benzene rings is 1. The maximum absolute atomic E-state index is 5.34. The van der Waals surface area contributed by atoms with Crippen molar-refractivity contribution in [2.45, 2.75) is 0 Å². The molecular weight excluding hydrogens is 186 g/mol. The monoisotopic (exact) mass is 194 g/mol. The van der Waals surface area contributed by atoms with Crippen LogP contribution in [0.2, 0.25) is 0 Å². The zero-order valence-corrected chi connectivity index (χ0v) is 8.00. The Morgan fingerprint density at radius 2 is 1.92 bits per heavy atom. The van der Waals surface area contributed by atoms with Gasteiger partial charge in [0.25, 0.3) is 0 Å². The number of fused-ring (bicyclic) bond motifs is 1. The Morgan fingerprint density at radius 1 is 1.17 bits per heavy atom. The van der Waals surface area contributed by atoms with E-state index in [0.717, 1.165) is 5.75 Å². The predicted octanol–water partition coefficient (Wildman–Crippen LogP) is 1.71. The van der Waals surface area contributed by atoms with E-state index in [1.807, 2.05) is 30.3 Å². The molecule has 0 saturated heterocycles. The van der Waals surface area contributed by atoms with Crippen molar-refractivity contribution in [3.8, 4) is 5.75 Å². The first-order valence-electron chi connectivity index (χ1n) is 3.35. The zero-order valence-electron chi connectivity index (χ0n) is 6.60. The molecule has 0 fully saturated rings. The minimum absolute atomic E-state index is 0. The SMILES string of the molecule is C1=Cc2ccccc2OC1.[B].[V]. The molecule has 1 nitrogen and oxygen atoms in total. The quantitative estimate of drug-likeness (QED) is 0.571. The Morgan fingerprint density at radius 3 is 2.67 bits per heavy atom. The van der Waals surface area contributed by atoms with Crippen molar-refractivity contribution in [3.63, 3.8) is 0 Å². The van der Waals surface area contributed by atoms with E-state index >= 15 is 0 Å². The van der Waals surface area contributed by atoms with Crippen LogP contribution in [-0.4, -0.2) is 15.0 Å². The smallest absolute Gasteiger partial charge is 0.126 e. The summed E-state index contributed by atoms with van der Waals surface area (Å²) in [5.41, 5.74) is 1.17. The van der Waals surface area contributed by atoms with E-state index < -0.39 is 0 Å². The third kappa shape index (κ3) is 2.20. The van der Waals surface area contributed by atoms with Crippen LogP contribution < -0.4 is 4.74 Å². The maximum Gasteiger partial charge on any atom is 0.126 e. The number of para-hydroxylation sites is 1. The van der Waals surface area contributed by atoms with Gasteiger partial charge in [0.15, 0.2) is 0 Å². The van der Waals surface area contributed by atoms with Crippen molar-refractivity contribution in [1.82, 2.24) is 0 Å². The molecule has 0 amide bonds. The van der Waals surface area contributed by atoms with Gasteiger partial charge in [-0.25, -0.2) is 0 Å². The van der Waals surface area contributed by atoms with Gasteiger partial charge in [0.1, 0.15) is 12.4 Å². The zero-order chi connectivity index (χ0) is 6.81. The van der Waals surface area contributed by atoms with Crippen molar-refractivity contribution >= 4 is 14.5 Å². The molecule has 0 saturated carbocycles. The Hall–Kier alpha value is -0.591. The van der Waals surface area contributed by atoms with Gasteiger partial charge >= 0.3 is 0 Å². The van der Waals surface area contributed by atoms with Gasteiger partial charge in [-0.05, 0) is 12.1 Å². The molecule has 12 heavy (non-hydrogen) atoms. The van der Waals surface area contributed by atoms with Crippen molar-refractivity contribution < 1.29 is 23.3 Å². The van der Waals surface area contributed by atoms with Crippen LogP contribution >= 0.6 is 0 Å². The van der Waals surface area contributed by atoms with Crippen LogP contribution in [0.3, 0.4) is 0 Å². The Labute approximate surface area is 86.3 Å². The van der Waals surface area contributed by atoms with Gasteiger partial charge in [0.05, 0.1) is 0 Å². The molecule has 0 aromatic heterocycles. The van der Waals surface area contributed by atoms with E-state index in [2.05, 4.69) is 6.08 Å². The van der Waals surface area contributed by atoms with Crippen molar-refractivity contribution in [1.29, 1.82) is 0 Å². The third-order valence-corrected chi connectivity index (χ3v) is 1.55. The normalized spacial score (nSPS) is 11.7. The Kier molecular flexibility index (Phi) is 4.87. The van der Waals surface area contributed by atoms with Gasteiger partial charge in [0.2, 0.25) is 0 Å². The van der Waals surface area contributed by atoms with Gasteiger partial charge in [0, 0.05) is 32.5 Å². The summed E-state index contributed by atoms with van der Waals surface area (Å²) in [5, 5.41) is 0. The van der Waals surface area contributed by atoms with Crippen LogP contribution in [-0.2, 0) is 18.6 Å². The summed E-state index contributed by atoms with van der Waals surface area (Å²) in [6.07, 6.45) is 4.10. The predicted molar refractivity (Wildman–Crippen MR) is 46.7 cm³/mol. The van der Waals surface area contributed by atoms with Crippen molar-refractivity contribution in [3.05, 3.63) is 35.9 Å². The molecule has 2 rings (SSSR count). The molecule has 0 spiro atoms. The minimum atomic E-state index is 0. The molecule has 1 aromatic rings. The number of hydrogen-bond donors (Lipinski definition) is 0. The first kappa shape index (κ1) is 11.4. The van der Waals surface area contributed by atoms with Crippen LogP contribution in [0.4, 0.5) is 0 Å². The molecule has 0 unspecified atom stereocenters. The molecule has 1 heterocycles. The van der Waals surface area contributed by atoms with Gasteiger partial charge in [-0.3, -0.25) is 0 Å². The summed E-state index contributed by atoms with van der Waals surface area (Å²) in [4.78, 5) is 0. The summed E-state index contributed by atoms with van der Waals surface area (Å²) in [5.74, 6) is 0.991. The fraction of sp³-hybridized carbons (Fsp3) is 0.111. The molecule has 1 aromatic carbocycles. The summed E-state index contributed by atoms with van der Waals surface area (Å²) in [7, 11) is 0. The van der Waals surface area contributed by atoms with Gasteiger partial charge in [-0.1, -0.05) is 24.3 Å². The summed E-state index contributed by atoms with van der Waals surface area (Å²) in [6.45, 7) is 0.705. The molecule has 0 bridgehead atoms. The largest absolute Gasteiger partial charge is 0.489 e. The van der Waals surface area contributed by atoms with Gasteiger partial charge in [-0.2, -0.15) is 0 Å². The van der Waals surface area contributed by atoms with Crippen molar-refractivity contribution in [2.75, 3.05) is 6.61 Å². The average Bonchev–Trinajstić information content (AvgIpc) is 2.05. The average molecular weight is 194 g/mol. The van der Waals surface area contributed by atoms with E-state index in [0.29, 0.717) is 6.61 Å². The van der Waals surface area contributed by atoms with Gasteiger partial charge in [-0.15, -0.1) is 0 Å². The molecular formula is C9H8BOV. The topological polar surface area (TPSA) is 9.23 Å². The minimum Gasteiger partial charge on any atom is -0.489 e. The summed E-state index contributed by atoms with van der Waals surface area (Å²) in [6, 6.07) is 8.03. The molecule has 3 heteroatoms. The van der Waals surface area contributed by atoms with Crippen LogP contribution in [0, 0.1) is 0 Å². The van der Waals surface area contributed by atoms with Crippen LogP contribution in [0.1, 0.15) is 5.56 Å². The number of hydrogen-bond acceptors (Lipinski definition) is 1. The molecule has 0 atom stereocenters. The molecule has 58 valence electrons. The van der Waals surface area contributed by atoms with E-state index in [1.54, 1.807) is 0 Å². The van der Waals surface area contributed by atoms with E-state index in [1.165, 1.54) is 5.56 Å². The van der Waals surface area contributed by atoms with Crippen LogP contribution in [0.25, 0.3) is 6.08 Å². The van der Waals surface area contributed by atoms with E-state index in [4.69, 9.17) is 4.74 Å². The molecule has 0 N–H and O–H groups in total. The summed E-state index contributed by atoms with van der Waals surface area (Å²) >= 11 is 0. The van der Waals surface area contributed by atoms with Crippen LogP contribution in [0.15, 0.2) is 30.3 Å². The second-order valence-corrected chi connectivity index (χ2v) is 2.25. The standard InChI is InChI=1S/C9H8O.B.V/c1-2-6-9-8(4-1)5-3-7-10-9;;/h1-6H,7H2;;. The Bertz CT molecular complexity index is 273. The Balaban J connectivity index is 0.000000605. The number of rotatable bonds is 0. The van der Waals surface area contributed by atoms with E-state index in [9.17, 15) is 0 Å². The third-order valence-electron chi connectivity index (χ3n) is 1.55. The second-order valence-electron chi connectivity index (χ2n) is 2.25. The second kappa shape index (κ2) is 5.13. The summed E-state index contributed by atoms with van der Waals surface area (Å²) < 4.78 is 5.34. The van der Waals surface area contributed by atoms with E-state index in [-0.39, 0.29) is 27.0 Å². The molecule has 1 aliphatic rings. The molecule has 4 radical (unpaired) electrons. The maximum atomic E-state index is 5.34. The van der Waals surface area contributed by atoms with Gasteiger partial charge < -0.3 is 4.74 Å². The first-order chi connectivity index (χ1) is 4.97. The first-order valence-corrected chi connectivity index (χ1v) is 3.35. The molecule has 0 aliphatic carbocycles. The molecule has 1 aliphatic heterocycles. The fourth-order valence-electron chi connectivity index (χ4n) is 1.06. The number of ether oxygens (including phenoxy) is 1. The van der Waals surface area contributed by atoms with Crippen LogP contribution in [0.5, 0.6) is 5.75 Å².